The topological polar surface area (TPSA) is 43.9 Å². The Hall–Kier alpha value is -3.38. The lowest BCUT2D eigenvalue weighted by Crippen LogP contribution is -2.35. The SMILES string of the molecule is CN(C)c1cccc(N2C(=O)C(c3cccs3)=C(N3CCc4ccccc43)C2=O)c1. The van der Waals surface area contributed by atoms with E-state index in [1.165, 1.54) is 21.8 Å². The zero-order valence-corrected chi connectivity index (χ0v) is 17.6. The summed E-state index contributed by atoms with van der Waals surface area (Å²) in [5.41, 5.74) is 4.69. The summed E-state index contributed by atoms with van der Waals surface area (Å²) in [6.45, 7) is 0.689. The molecule has 0 saturated carbocycles. The van der Waals surface area contributed by atoms with E-state index in [9.17, 15) is 9.59 Å². The largest absolute Gasteiger partial charge is 0.378 e. The fraction of sp³-hybridized carbons (Fsp3) is 0.167. The van der Waals surface area contributed by atoms with Gasteiger partial charge in [0.1, 0.15) is 5.70 Å². The molecule has 2 aromatic carbocycles. The molecule has 0 bridgehead atoms. The second-order valence-corrected chi connectivity index (χ2v) is 8.54. The molecule has 3 aromatic rings. The van der Waals surface area contributed by atoms with E-state index in [2.05, 4.69) is 6.07 Å². The Kier molecular flexibility index (Phi) is 4.44. The molecule has 5 rings (SSSR count). The lowest BCUT2D eigenvalue weighted by atomic mass is 10.1. The summed E-state index contributed by atoms with van der Waals surface area (Å²) >= 11 is 1.48. The average Bonchev–Trinajstić information content (AvgIpc) is 3.46. The number of para-hydroxylation sites is 1. The third kappa shape index (κ3) is 2.83. The lowest BCUT2D eigenvalue weighted by Gasteiger charge is -2.22. The van der Waals surface area contributed by atoms with E-state index in [0.29, 0.717) is 23.5 Å². The van der Waals surface area contributed by atoms with Crippen LogP contribution in [0.3, 0.4) is 0 Å². The maximum absolute atomic E-state index is 13.7. The molecule has 30 heavy (non-hydrogen) atoms. The summed E-state index contributed by atoms with van der Waals surface area (Å²) in [5, 5.41) is 1.94. The maximum atomic E-state index is 13.7. The van der Waals surface area contributed by atoms with Crippen molar-refractivity contribution in [2.45, 2.75) is 6.42 Å². The monoisotopic (exact) mass is 415 g/mol. The van der Waals surface area contributed by atoms with E-state index < -0.39 is 0 Å². The molecule has 0 aliphatic carbocycles. The molecule has 2 aliphatic heterocycles. The molecule has 1 aromatic heterocycles. The third-order valence-corrected chi connectivity index (χ3v) is 6.48. The molecule has 2 amide bonds. The molecule has 6 heteroatoms. The van der Waals surface area contributed by atoms with Gasteiger partial charge in [0.2, 0.25) is 0 Å². The van der Waals surface area contributed by atoms with Gasteiger partial charge >= 0.3 is 0 Å². The van der Waals surface area contributed by atoms with Crippen LogP contribution in [0.2, 0.25) is 0 Å². The Bertz CT molecular complexity index is 1180. The second kappa shape index (κ2) is 7.15. The normalized spacial score (nSPS) is 15.9. The summed E-state index contributed by atoms with van der Waals surface area (Å²) in [6, 6.07) is 19.4. The minimum atomic E-state index is -0.268. The first-order chi connectivity index (χ1) is 14.6. The quantitative estimate of drug-likeness (QED) is 0.600. The van der Waals surface area contributed by atoms with E-state index >= 15 is 0 Å². The van der Waals surface area contributed by atoms with Gasteiger partial charge in [-0.1, -0.05) is 30.3 Å². The molecule has 0 fully saturated rings. The molecule has 3 heterocycles. The molecule has 0 spiro atoms. The van der Waals surface area contributed by atoms with Crippen LogP contribution in [0, 0.1) is 0 Å². The van der Waals surface area contributed by atoms with Gasteiger partial charge in [-0.2, -0.15) is 0 Å². The van der Waals surface area contributed by atoms with Crippen molar-refractivity contribution in [2.24, 2.45) is 0 Å². The van der Waals surface area contributed by atoms with Crippen molar-refractivity contribution in [3.05, 3.63) is 82.2 Å². The van der Waals surface area contributed by atoms with Crippen LogP contribution < -0.4 is 14.7 Å². The molecule has 2 aliphatic rings. The van der Waals surface area contributed by atoms with E-state index in [-0.39, 0.29) is 11.8 Å². The van der Waals surface area contributed by atoms with Crippen LogP contribution in [-0.2, 0) is 16.0 Å². The van der Waals surface area contributed by atoms with Crippen LogP contribution in [-0.4, -0.2) is 32.5 Å². The minimum Gasteiger partial charge on any atom is -0.378 e. The molecule has 0 saturated heterocycles. The minimum absolute atomic E-state index is 0.266. The summed E-state index contributed by atoms with van der Waals surface area (Å²) in [5.74, 6) is -0.534. The molecule has 0 N–H and O–H groups in total. The van der Waals surface area contributed by atoms with Crippen molar-refractivity contribution in [2.75, 3.05) is 35.3 Å². The average molecular weight is 416 g/mol. The van der Waals surface area contributed by atoms with Crippen molar-refractivity contribution in [1.29, 1.82) is 0 Å². The summed E-state index contributed by atoms with van der Waals surface area (Å²) in [6.07, 6.45) is 0.856. The van der Waals surface area contributed by atoms with E-state index in [1.807, 2.05) is 83.9 Å². The van der Waals surface area contributed by atoms with Gasteiger partial charge in [0.15, 0.2) is 0 Å². The first-order valence-electron chi connectivity index (χ1n) is 9.86. The zero-order valence-electron chi connectivity index (χ0n) is 16.8. The lowest BCUT2D eigenvalue weighted by molar-refractivity contribution is -0.120. The van der Waals surface area contributed by atoms with Gasteiger partial charge in [-0.05, 0) is 47.7 Å². The number of carbonyl (C=O) groups excluding carboxylic acids is 2. The standard InChI is InChI=1S/C24H21N3O2S/c1-25(2)17-8-5-9-18(15-17)27-23(28)21(20-11-6-14-30-20)22(24(27)29)26-13-12-16-7-3-4-10-19(16)26/h3-11,14-15H,12-13H2,1-2H3. The highest BCUT2D eigenvalue weighted by Crippen LogP contribution is 2.41. The molecule has 5 nitrogen and oxygen atoms in total. The number of thiophene rings is 1. The number of carbonyl (C=O) groups is 2. The molecule has 150 valence electrons. The Morgan fingerprint density at radius 2 is 1.77 bits per heavy atom. The van der Waals surface area contributed by atoms with Crippen molar-refractivity contribution in [3.63, 3.8) is 0 Å². The first-order valence-corrected chi connectivity index (χ1v) is 10.7. The molecular formula is C24H21N3O2S. The summed E-state index contributed by atoms with van der Waals surface area (Å²) in [7, 11) is 3.88. The Morgan fingerprint density at radius 1 is 0.933 bits per heavy atom. The number of hydrogen-bond acceptors (Lipinski definition) is 5. The van der Waals surface area contributed by atoms with Crippen molar-refractivity contribution in [1.82, 2.24) is 0 Å². The van der Waals surface area contributed by atoms with Crippen LogP contribution in [0.4, 0.5) is 17.1 Å². The third-order valence-electron chi connectivity index (χ3n) is 5.59. The van der Waals surface area contributed by atoms with Crippen molar-refractivity contribution in [3.8, 4) is 0 Å². The number of imide groups is 1. The predicted molar refractivity (Wildman–Crippen MR) is 122 cm³/mol. The van der Waals surface area contributed by atoms with Gasteiger partial charge in [-0.25, -0.2) is 4.90 Å². The van der Waals surface area contributed by atoms with Crippen molar-refractivity contribution >= 4 is 45.8 Å². The molecular weight excluding hydrogens is 394 g/mol. The van der Waals surface area contributed by atoms with E-state index in [4.69, 9.17) is 0 Å². The highest BCUT2D eigenvalue weighted by atomic mass is 32.1. The highest BCUT2D eigenvalue weighted by molar-refractivity contribution is 7.11. The number of amides is 2. The van der Waals surface area contributed by atoms with E-state index in [0.717, 1.165) is 22.7 Å². The molecule has 0 radical (unpaired) electrons. The van der Waals surface area contributed by atoms with Crippen LogP contribution in [0.5, 0.6) is 0 Å². The highest BCUT2D eigenvalue weighted by Gasteiger charge is 2.44. The second-order valence-electron chi connectivity index (χ2n) is 7.59. The molecule has 0 atom stereocenters. The number of fused-ring (bicyclic) bond motifs is 1. The van der Waals surface area contributed by atoms with Gasteiger partial charge < -0.3 is 9.80 Å². The van der Waals surface area contributed by atoms with Gasteiger partial charge in [0, 0.05) is 36.9 Å². The fourth-order valence-corrected chi connectivity index (χ4v) is 4.89. The smallest absolute Gasteiger partial charge is 0.282 e. The zero-order chi connectivity index (χ0) is 20.8. The Morgan fingerprint density at radius 3 is 2.53 bits per heavy atom. The Balaban J connectivity index is 1.65. The van der Waals surface area contributed by atoms with Gasteiger partial charge in [-0.15, -0.1) is 11.3 Å². The fourth-order valence-electron chi connectivity index (χ4n) is 4.13. The maximum Gasteiger partial charge on any atom is 0.282 e. The Labute approximate surface area is 179 Å². The van der Waals surface area contributed by atoms with Gasteiger partial charge in [0.25, 0.3) is 11.8 Å². The number of benzene rings is 2. The van der Waals surface area contributed by atoms with Crippen LogP contribution in [0.1, 0.15) is 10.4 Å². The van der Waals surface area contributed by atoms with Crippen LogP contribution in [0.15, 0.2) is 71.7 Å². The van der Waals surface area contributed by atoms with Crippen LogP contribution in [0.25, 0.3) is 5.57 Å². The number of anilines is 3. The summed E-state index contributed by atoms with van der Waals surface area (Å²) < 4.78 is 0. The number of rotatable bonds is 4. The van der Waals surface area contributed by atoms with Gasteiger partial charge in [-0.3, -0.25) is 9.59 Å². The van der Waals surface area contributed by atoms with Crippen molar-refractivity contribution < 1.29 is 9.59 Å². The molecule has 0 unspecified atom stereocenters. The predicted octanol–water partition coefficient (Wildman–Crippen LogP) is 4.16. The first kappa shape index (κ1) is 18.6. The number of hydrogen-bond donors (Lipinski definition) is 0. The number of nitrogens with zero attached hydrogens (tertiary/aromatic N) is 3. The summed E-state index contributed by atoms with van der Waals surface area (Å²) in [4.78, 5) is 33.4. The van der Waals surface area contributed by atoms with E-state index in [1.54, 1.807) is 0 Å². The van der Waals surface area contributed by atoms with Gasteiger partial charge in [0.05, 0.1) is 11.3 Å². The van der Waals surface area contributed by atoms with Crippen LogP contribution >= 0.6 is 11.3 Å².